The Morgan fingerprint density at radius 1 is 1.18 bits per heavy atom. The minimum atomic E-state index is -0.148. The molecular weight excluding hydrogens is 374 g/mol. The number of pyridine rings is 1. The molecule has 0 fully saturated rings. The second kappa shape index (κ2) is 7.82. The molecule has 28 heavy (non-hydrogen) atoms. The Kier molecular flexibility index (Phi) is 5.08. The Labute approximate surface area is 166 Å². The lowest BCUT2D eigenvalue weighted by atomic mass is 10.2. The van der Waals surface area contributed by atoms with Crippen molar-refractivity contribution in [2.45, 2.75) is 13.5 Å². The third kappa shape index (κ3) is 3.75. The van der Waals surface area contributed by atoms with E-state index < -0.39 is 0 Å². The topological polar surface area (TPSA) is 66.2 Å². The van der Waals surface area contributed by atoms with Crippen molar-refractivity contribution in [1.82, 2.24) is 14.5 Å². The summed E-state index contributed by atoms with van der Waals surface area (Å²) in [5.74, 6) is 1.47. The van der Waals surface area contributed by atoms with Gasteiger partial charge < -0.3 is 14.0 Å². The Morgan fingerprint density at radius 3 is 2.86 bits per heavy atom. The molecule has 6 nitrogen and oxygen atoms in total. The molecule has 0 bridgehead atoms. The van der Waals surface area contributed by atoms with Crippen molar-refractivity contribution in [1.29, 1.82) is 0 Å². The summed E-state index contributed by atoms with van der Waals surface area (Å²) in [6.07, 6.45) is 4.85. The van der Waals surface area contributed by atoms with Gasteiger partial charge in [0.25, 0.3) is 5.56 Å². The first-order chi connectivity index (χ1) is 13.6. The molecule has 3 heterocycles. The van der Waals surface area contributed by atoms with E-state index in [4.69, 9.17) is 9.47 Å². The van der Waals surface area contributed by atoms with Gasteiger partial charge in [-0.25, -0.2) is 4.98 Å². The van der Waals surface area contributed by atoms with Gasteiger partial charge in [-0.3, -0.25) is 9.78 Å². The fraction of sp³-hybridized carbons (Fsp3) is 0.190. The Morgan fingerprint density at radius 2 is 2.07 bits per heavy atom. The lowest BCUT2D eigenvalue weighted by molar-refractivity contribution is 0.299. The molecule has 0 aliphatic rings. The fourth-order valence-corrected chi connectivity index (χ4v) is 3.78. The number of aromatic nitrogens is 3. The van der Waals surface area contributed by atoms with Crippen LogP contribution in [0.3, 0.4) is 0 Å². The van der Waals surface area contributed by atoms with E-state index in [0.717, 1.165) is 33.0 Å². The highest BCUT2D eigenvalue weighted by Crippen LogP contribution is 2.27. The highest BCUT2D eigenvalue weighted by atomic mass is 32.1. The standard InChI is InChI=1S/C21H19N3O3S/c1-14-9-20(28-13-14)18-12-24(21(25)11-23-18)7-8-27-19-5-6-22-17-10-15(26-2)3-4-16(17)19/h3-6,9-13H,7-8H2,1-2H3. The zero-order valence-electron chi connectivity index (χ0n) is 15.6. The van der Waals surface area contributed by atoms with E-state index in [1.54, 1.807) is 35.4 Å². The highest BCUT2D eigenvalue weighted by Gasteiger charge is 2.07. The molecule has 0 unspecified atom stereocenters. The molecule has 0 saturated carbocycles. The molecule has 0 spiro atoms. The summed E-state index contributed by atoms with van der Waals surface area (Å²) in [5, 5.41) is 2.97. The van der Waals surface area contributed by atoms with E-state index >= 15 is 0 Å². The van der Waals surface area contributed by atoms with Crippen LogP contribution in [-0.2, 0) is 6.54 Å². The van der Waals surface area contributed by atoms with E-state index in [1.807, 2.05) is 31.2 Å². The zero-order valence-corrected chi connectivity index (χ0v) is 16.4. The lowest BCUT2D eigenvalue weighted by Gasteiger charge is -2.11. The second-order valence-electron chi connectivity index (χ2n) is 6.33. The first kappa shape index (κ1) is 18.2. The van der Waals surface area contributed by atoms with Crippen molar-refractivity contribution in [2.75, 3.05) is 13.7 Å². The minimum absolute atomic E-state index is 0.148. The van der Waals surface area contributed by atoms with Gasteiger partial charge in [-0.2, -0.15) is 0 Å². The zero-order chi connectivity index (χ0) is 19.5. The number of thiophene rings is 1. The van der Waals surface area contributed by atoms with Crippen LogP contribution in [-0.4, -0.2) is 28.3 Å². The van der Waals surface area contributed by atoms with Crippen LogP contribution >= 0.6 is 11.3 Å². The number of aryl methyl sites for hydroxylation is 1. The van der Waals surface area contributed by atoms with Crippen LogP contribution in [0.1, 0.15) is 5.56 Å². The lowest BCUT2D eigenvalue weighted by Crippen LogP contribution is -2.22. The number of hydrogen-bond acceptors (Lipinski definition) is 6. The Hall–Kier alpha value is -3.19. The molecule has 0 radical (unpaired) electrons. The number of methoxy groups -OCH3 is 1. The van der Waals surface area contributed by atoms with Crippen LogP contribution in [0, 0.1) is 6.92 Å². The predicted molar refractivity (Wildman–Crippen MR) is 110 cm³/mol. The molecule has 0 aliphatic carbocycles. The summed E-state index contributed by atoms with van der Waals surface area (Å²) >= 11 is 1.62. The molecule has 7 heteroatoms. The molecule has 4 rings (SSSR count). The largest absolute Gasteiger partial charge is 0.497 e. The van der Waals surface area contributed by atoms with Crippen molar-refractivity contribution in [3.8, 4) is 22.1 Å². The summed E-state index contributed by atoms with van der Waals surface area (Å²) in [6.45, 7) is 2.83. The molecule has 3 aromatic heterocycles. The van der Waals surface area contributed by atoms with Crippen LogP contribution in [0.4, 0.5) is 0 Å². The highest BCUT2D eigenvalue weighted by molar-refractivity contribution is 7.13. The van der Waals surface area contributed by atoms with Crippen LogP contribution in [0.5, 0.6) is 11.5 Å². The van der Waals surface area contributed by atoms with Gasteiger partial charge in [0, 0.05) is 23.8 Å². The summed E-state index contributed by atoms with van der Waals surface area (Å²) in [6, 6.07) is 9.55. The van der Waals surface area contributed by atoms with Gasteiger partial charge in [-0.1, -0.05) is 0 Å². The molecule has 1 aromatic carbocycles. The van der Waals surface area contributed by atoms with E-state index in [-0.39, 0.29) is 5.56 Å². The van der Waals surface area contributed by atoms with E-state index in [2.05, 4.69) is 21.4 Å². The third-order valence-corrected chi connectivity index (χ3v) is 5.43. The van der Waals surface area contributed by atoms with Gasteiger partial charge in [0.1, 0.15) is 18.1 Å². The van der Waals surface area contributed by atoms with E-state index in [9.17, 15) is 4.79 Å². The van der Waals surface area contributed by atoms with Crippen LogP contribution < -0.4 is 15.0 Å². The predicted octanol–water partition coefficient (Wildman–Crippen LogP) is 3.92. The number of fused-ring (bicyclic) bond motifs is 1. The molecule has 0 atom stereocenters. The molecular formula is C21H19N3O3S. The maximum absolute atomic E-state index is 12.2. The number of nitrogens with zero attached hydrogens (tertiary/aromatic N) is 3. The first-order valence-corrected chi connectivity index (χ1v) is 9.69. The van der Waals surface area contributed by atoms with Crippen LogP contribution in [0.15, 0.2) is 59.1 Å². The van der Waals surface area contributed by atoms with E-state index in [1.165, 1.54) is 11.8 Å². The number of hydrogen-bond donors (Lipinski definition) is 0. The van der Waals surface area contributed by atoms with Gasteiger partial charge in [-0.15, -0.1) is 11.3 Å². The van der Waals surface area contributed by atoms with Gasteiger partial charge >= 0.3 is 0 Å². The van der Waals surface area contributed by atoms with Gasteiger partial charge in [-0.05, 0) is 42.1 Å². The molecule has 0 aliphatic heterocycles. The first-order valence-electron chi connectivity index (χ1n) is 8.81. The Bertz CT molecular complexity index is 1180. The van der Waals surface area contributed by atoms with Crippen molar-refractivity contribution >= 4 is 22.2 Å². The maximum atomic E-state index is 12.2. The third-order valence-electron chi connectivity index (χ3n) is 4.36. The average molecular weight is 393 g/mol. The quantitative estimate of drug-likeness (QED) is 0.497. The molecule has 0 N–H and O–H groups in total. The molecule has 0 amide bonds. The minimum Gasteiger partial charge on any atom is -0.497 e. The summed E-state index contributed by atoms with van der Waals surface area (Å²) in [4.78, 5) is 21.8. The van der Waals surface area contributed by atoms with E-state index in [0.29, 0.717) is 13.2 Å². The monoisotopic (exact) mass is 393 g/mol. The maximum Gasteiger partial charge on any atom is 0.269 e. The second-order valence-corrected chi connectivity index (χ2v) is 7.24. The molecule has 4 aromatic rings. The van der Waals surface area contributed by atoms with Crippen molar-refractivity contribution in [3.05, 3.63) is 70.2 Å². The van der Waals surface area contributed by atoms with Gasteiger partial charge in [0.2, 0.25) is 0 Å². The van der Waals surface area contributed by atoms with Crippen LogP contribution in [0.2, 0.25) is 0 Å². The van der Waals surface area contributed by atoms with Crippen molar-refractivity contribution in [2.24, 2.45) is 0 Å². The molecule has 142 valence electrons. The SMILES string of the molecule is COc1ccc2c(OCCn3cc(-c4cc(C)cs4)ncc3=O)ccnc2c1. The Balaban J connectivity index is 1.51. The van der Waals surface area contributed by atoms with Crippen LogP contribution in [0.25, 0.3) is 21.5 Å². The number of ether oxygens (including phenoxy) is 2. The number of benzene rings is 1. The normalized spacial score (nSPS) is 10.9. The average Bonchev–Trinajstić information content (AvgIpc) is 3.15. The van der Waals surface area contributed by atoms with Gasteiger partial charge in [0.05, 0.1) is 35.9 Å². The summed E-state index contributed by atoms with van der Waals surface area (Å²) in [5.41, 5.74) is 2.63. The number of rotatable bonds is 6. The van der Waals surface area contributed by atoms with Crippen molar-refractivity contribution in [3.63, 3.8) is 0 Å². The summed E-state index contributed by atoms with van der Waals surface area (Å²) < 4.78 is 12.8. The smallest absolute Gasteiger partial charge is 0.269 e. The van der Waals surface area contributed by atoms with Gasteiger partial charge in [0.15, 0.2) is 0 Å². The molecule has 0 saturated heterocycles. The fourth-order valence-electron chi connectivity index (χ4n) is 2.92. The summed E-state index contributed by atoms with van der Waals surface area (Å²) in [7, 11) is 1.62. The van der Waals surface area contributed by atoms with Crippen molar-refractivity contribution < 1.29 is 9.47 Å².